The molecular formula is C31H39N5O4S. The summed E-state index contributed by atoms with van der Waals surface area (Å²) in [6.45, 7) is 2.02. The topological polar surface area (TPSA) is 131 Å². The van der Waals surface area contributed by atoms with E-state index in [1.807, 2.05) is 31.2 Å². The zero-order valence-corrected chi connectivity index (χ0v) is 24.4. The summed E-state index contributed by atoms with van der Waals surface area (Å²) in [5.41, 5.74) is 8.24. The summed E-state index contributed by atoms with van der Waals surface area (Å²) in [7, 11) is 0. The second-order valence-corrected chi connectivity index (χ2v) is 12.0. The minimum Gasteiger partial charge on any atom is -0.467 e. The standard InChI is InChI=1S/C31H39N5O4S/c1-20-14-16-21(17-15-20)27(30(38)34-23-11-6-3-7-12-23)36(19-24-13-8-18-40-24)31(39)28-25(32)26(35-41-28)29(37)33-22-9-4-2-5-10-22/h8,13-18,22-23,27H,2-7,9-12,19,32H2,1H3,(H,33,37)(H,34,38)/t27-/m1/s1. The number of nitrogens with zero attached hydrogens (tertiary/aromatic N) is 2. The minimum absolute atomic E-state index is 0.0353. The van der Waals surface area contributed by atoms with Gasteiger partial charge in [-0.2, -0.15) is 4.37 Å². The Balaban J connectivity index is 1.47. The van der Waals surface area contributed by atoms with Crippen LogP contribution in [0, 0.1) is 6.92 Å². The first-order chi connectivity index (χ1) is 19.9. The van der Waals surface area contributed by atoms with E-state index in [1.165, 1.54) is 17.6 Å². The lowest BCUT2D eigenvalue weighted by atomic mass is 9.94. The molecule has 1 aromatic carbocycles. The van der Waals surface area contributed by atoms with Gasteiger partial charge in [0.2, 0.25) is 5.91 Å². The lowest BCUT2D eigenvalue weighted by molar-refractivity contribution is -0.127. The molecule has 2 aliphatic rings. The molecule has 218 valence electrons. The highest BCUT2D eigenvalue weighted by molar-refractivity contribution is 7.09. The van der Waals surface area contributed by atoms with E-state index in [-0.39, 0.29) is 46.7 Å². The molecule has 9 nitrogen and oxygen atoms in total. The van der Waals surface area contributed by atoms with E-state index in [9.17, 15) is 14.4 Å². The van der Waals surface area contributed by atoms with Gasteiger partial charge in [-0.05, 0) is 61.8 Å². The summed E-state index contributed by atoms with van der Waals surface area (Å²) >= 11 is 0.889. The van der Waals surface area contributed by atoms with Crippen LogP contribution in [0.5, 0.6) is 0 Å². The maximum atomic E-state index is 14.3. The normalized spacial score (nSPS) is 17.1. The molecule has 3 amide bonds. The Morgan fingerprint density at radius 3 is 2.22 bits per heavy atom. The SMILES string of the molecule is Cc1ccc([C@H](C(=O)NC2CCCCC2)N(Cc2ccco2)C(=O)c2snc(C(=O)NC3CCCCC3)c2N)cc1. The van der Waals surface area contributed by atoms with Gasteiger partial charge in [-0.1, -0.05) is 68.4 Å². The first-order valence-corrected chi connectivity index (χ1v) is 15.4. The van der Waals surface area contributed by atoms with E-state index in [1.54, 1.807) is 12.1 Å². The monoisotopic (exact) mass is 577 g/mol. The molecule has 2 aromatic heterocycles. The van der Waals surface area contributed by atoms with Gasteiger partial charge in [-0.25, -0.2) is 0 Å². The molecule has 0 aliphatic heterocycles. The molecule has 2 aliphatic carbocycles. The summed E-state index contributed by atoms with van der Waals surface area (Å²) in [4.78, 5) is 42.9. The van der Waals surface area contributed by atoms with Crippen LogP contribution in [-0.4, -0.2) is 39.1 Å². The number of nitrogens with two attached hydrogens (primary N) is 1. The lowest BCUT2D eigenvalue weighted by Gasteiger charge is -2.33. The number of hydrogen-bond donors (Lipinski definition) is 3. The number of anilines is 1. The van der Waals surface area contributed by atoms with Gasteiger partial charge >= 0.3 is 0 Å². The Kier molecular flexibility index (Phi) is 9.38. The second-order valence-electron chi connectivity index (χ2n) is 11.3. The van der Waals surface area contributed by atoms with E-state index in [2.05, 4.69) is 15.0 Å². The molecule has 2 saturated carbocycles. The highest BCUT2D eigenvalue weighted by atomic mass is 32.1. The largest absolute Gasteiger partial charge is 0.467 e. The van der Waals surface area contributed by atoms with Crippen molar-refractivity contribution in [3.05, 3.63) is 70.1 Å². The number of furan rings is 1. The molecular weight excluding hydrogens is 538 g/mol. The molecule has 5 rings (SSSR count). The molecule has 3 aromatic rings. The molecule has 0 radical (unpaired) electrons. The molecule has 2 fully saturated rings. The van der Waals surface area contributed by atoms with E-state index in [0.29, 0.717) is 11.3 Å². The third kappa shape index (κ3) is 6.98. The molecule has 1 atom stereocenters. The smallest absolute Gasteiger partial charge is 0.273 e. The number of aryl methyl sites for hydroxylation is 1. The van der Waals surface area contributed by atoms with Crippen molar-refractivity contribution in [1.29, 1.82) is 0 Å². The van der Waals surface area contributed by atoms with Gasteiger partial charge in [-0.15, -0.1) is 0 Å². The maximum Gasteiger partial charge on any atom is 0.273 e. The fourth-order valence-electron chi connectivity index (χ4n) is 5.85. The van der Waals surface area contributed by atoms with Crippen LogP contribution in [-0.2, 0) is 11.3 Å². The fraction of sp³-hybridized carbons (Fsp3) is 0.484. The Bertz CT molecular complexity index is 1320. The van der Waals surface area contributed by atoms with Crippen LogP contribution in [0.1, 0.15) is 107 Å². The number of aromatic nitrogens is 1. The van der Waals surface area contributed by atoms with E-state index < -0.39 is 11.9 Å². The molecule has 0 spiro atoms. The van der Waals surface area contributed by atoms with Crippen molar-refractivity contribution < 1.29 is 18.8 Å². The third-order valence-corrected chi connectivity index (χ3v) is 9.00. The zero-order valence-electron chi connectivity index (χ0n) is 23.6. The van der Waals surface area contributed by atoms with Crippen LogP contribution in [0.3, 0.4) is 0 Å². The fourth-order valence-corrected chi connectivity index (χ4v) is 6.60. The van der Waals surface area contributed by atoms with E-state index in [0.717, 1.165) is 74.9 Å². The Morgan fingerprint density at radius 1 is 0.976 bits per heavy atom. The van der Waals surface area contributed by atoms with Crippen molar-refractivity contribution in [3.63, 3.8) is 0 Å². The minimum atomic E-state index is -0.934. The Hall–Kier alpha value is -3.66. The number of nitrogens with one attached hydrogen (secondary N) is 2. The summed E-state index contributed by atoms with van der Waals surface area (Å²) in [5.74, 6) is -0.566. The van der Waals surface area contributed by atoms with Crippen molar-refractivity contribution in [1.82, 2.24) is 19.9 Å². The van der Waals surface area contributed by atoms with Crippen LogP contribution in [0.2, 0.25) is 0 Å². The average molecular weight is 578 g/mol. The van der Waals surface area contributed by atoms with Gasteiger partial charge < -0.3 is 25.7 Å². The van der Waals surface area contributed by atoms with Gasteiger partial charge in [0.25, 0.3) is 11.8 Å². The van der Waals surface area contributed by atoms with Gasteiger partial charge in [0, 0.05) is 12.1 Å². The summed E-state index contributed by atoms with van der Waals surface area (Å²) < 4.78 is 9.91. The molecule has 41 heavy (non-hydrogen) atoms. The van der Waals surface area contributed by atoms with Crippen molar-refractivity contribution in [2.24, 2.45) is 0 Å². The molecule has 0 saturated heterocycles. The molecule has 0 unspecified atom stereocenters. The Morgan fingerprint density at radius 2 is 1.61 bits per heavy atom. The number of carbonyl (C=O) groups is 3. The van der Waals surface area contributed by atoms with Crippen LogP contribution in [0.25, 0.3) is 0 Å². The van der Waals surface area contributed by atoms with Crippen LogP contribution < -0.4 is 16.4 Å². The number of carbonyl (C=O) groups excluding carboxylic acids is 3. The quantitative estimate of drug-likeness (QED) is 0.307. The predicted molar refractivity (Wildman–Crippen MR) is 158 cm³/mol. The van der Waals surface area contributed by atoms with Crippen LogP contribution in [0.4, 0.5) is 5.69 Å². The summed E-state index contributed by atoms with van der Waals surface area (Å²) in [6.07, 6.45) is 11.8. The molecule has 2 heterocycles. The molecule has 4 N–H and O–H groups in total. The van der Waals surface area contributed by atoms with Crippen molar-refractivity contribution in [2.45, 2.75) is 95.8 Å². The first-order valence-electron chi connectivity index (χ1n) is 14.7. The molecule has 10 heteroatoms. The van der Waals surface area contributed by atoms with Gasteiger partial charge in [0.05, 0.1) is 18.5 Å². The average Bonchev–Trinajstić information content (AvgIpc) is 3.64. The van der Waals surface area contributed by atoms with E-state index in [4.69, 9.17) is 10.2 Å². The van der Waals surface area contributed by atoms with Gasteiger partial charge in [0.15, 0.2) is 5.69 Å². The highest BCUT2D eigenvalue weighted by Crippen LogP contribution is 2.31. The first kappa shape index (κ1) is 28.9. The van der Waals surface area contributed by atoms with Crippen molar-refractivity contribution >= 4 is 34.9 Å². The van der Waals surface area contributed by atoms with Crippen molar-refractivity contribution in [2.75, 3.05) is 5.73 Å². The van der Waals surface area contributed by atoms with Crippen molar-refractivity contribution in [3.8, 4) is 0 Å². The highest BCUT2D eigenvalue weighted by Gasteiger charge is 2.36. The Labute approximate surface area is 245 Å². The lowest BCUT2D eigenvalue weighted by Crippen LogP contribution is -2.46. The predicted octanol–water partition coefficient (Wildman–Crippen LogP) is 5.52. The summed E-state index contributed by atoms with van der Waals surface area (Å²) in [5, 5.41) is 6.24. The number of amides is 3. The number of benzene rings is 1. The zero-order chi connectivity index (χ0) is 28.8. The number of nitrogen functional groups attached to an aromatic ring is 1. The third-order valence-electron chi connectivity index (χ3n) is 8.15. The van der Waals surface area contributed by atoms with Gasteiger partial charge in [-0.3, -0.25) is 14.4 Å². The molecule has 0 bridgehead atoms. The van der Waals surface area contributed by atoms with Gasteiger partial charge in [0.1, 0.15) is 16.7 Å². The maximum absolute atomic E-state index is 14.3. The van der Waals surface area contributed by atoms with E-state index >= 15 is 0 Å². The number of hydrogen-bond acceptors (Lipinski definition) is 7. The number of rotatable bonds is 9. The van der Waals surface area contributed by atoms with Crippen LogP contribution >= 0.6 is 11.5 Å². The van der Waals surface area contributed by atoms with Crippen LogP contribution in [0.15, 0.2) is 47.1 Å². The second kappa shape index (κ2) is 13.3. The summed E-state index contributed by atoms with van der Waals surface area (Å²) in [6, 6.07) is 10.3.